The molecule has 3 aromatic heterocycles. The number of benzene rings is 1. The van der Waals surface area contributed by atoms with Gasteiger partial charge in [-0.15, -0.1) is 0 Å². The Morgan fingerprint density at radius 1 is 1.11 bits per heavy atom. The SMILES string of the molecule is Cc1cnc2ccc(-c3nc(C(=O)CCC4CCN(C)C4=O)c(N)nc3-c3ccc(F)cc3)cn12. The van der Waals surface area contributed by atoms with Gasteiger partial charge in [-0.25, -0.2) is 19.3 Å². The van der Waals surface area contributed by atoms with Gasteiger partial charge in [-0.1, -0.05) is 0 Å². The Balaban J connectivity index is 1.56. The van der Waals surface area contributed by atoms with Gasteiger partial charge in [0.2, 0.25) is 5.91 Å². The number of rotatable bonds is 6. The lowest BCUT2D eigenvalue weighted by atomic mass is 9.98. The van der Waals surface area contributed by atoms with E-state index in [9.17, 15) is 14.0 Å². The first-order valence-electron chi connectivity index (χ1n) is 11.5. The predicted molar refractivity (Wildman–Crippen MR) is 130 cm³/mol. The Morgan fingerprint density at radius 3 is 2.54 bits per heavy atom. The number of carbonyl (C=O) groups excluding carboxylic acids is 2. The fourth-order valence-corrected chi connectivity index (χ4v) is 4.49. The average Bonchev–Trinajstić information content (AvgIpc) is 3.39. The zero-order chi connectivity index (χ0) is 24.7. The summed E-state index contributed by atoms with van der Waals surface area (Å²) in [4.78, 5) is 40.6. The molecule has 1 aliphatic rings. The van der Waals surface area contributed by atoms with Crippen LogP contribution in [0.5, 0.6) is 0 Å². The van der Waals surface area contributed by atoms with Crippen LogP contribution in [0, 0.1) is 18.7 Å². The second kappa shape index (κ2) is 8.90. The van der Waals surface area contributed by atoms with Crippen molar-refractivity contribution < 1.29 is 14.0 Å². The van der Waals surface area contributed by atoms with Crippen molar-refractivity contribution >= 4 is 23.2 Å². The molecule has 1 unspecified atom stereocenters. The van der Waals surface area contributed by atoms with E-state index in [2.05, 4.69) is 15.0 Å². The van der Waals surface area contributed by atoms with Crippen LogP contribution in [0.3, 0.4) is 0 Å². The lowest BCUT2D eigenvalue weighted by molar-refractivity contribution is -0.129. The monoisotopic (exact) mass is 472 g/mol. The van der Waals surface area contributed by atoms with Crippen molar-refractivity contribution in [3.8, 4) is 22.5 Å². The molecule has 178 valence electrons. The molecule has 1 amide bonds. The van der Waals surface area contributed by atoms with Crippen molar-refractivity contribution in [2.75, 3.05) is 19.3 Å². The number of ketones is 1. The van der Waals surface area contributed by atoms with Gasteiger partial charge in [0, 0.05) is 55.1 Å². The number of likely N-dealkylation sites (tertiary alicyclic amines) is 1. The number of Topliss-reactive ketones (excluding diaryl/α,β-unsaturated/α-hetero) is 1. The molecule has 8 nitrogen and oxygen atoms in total. The number of anilines is 1. The summed E-state index contributed by atoms with van der Waals surface area (Å²) in [6, 6.07) is 9.61. The van der Waals surface area contributed by atoms with E-state index in [-0.39, 0.29) is 41.4 Å². The Kier molecular flexibility index (Phi) is 5.76. The molecule has 0 radical (unpaired) electrons. The second-order valence-electron chi connectivity index (χ2n) is 8.91. The number of hydrogen-bond acceptors (Lipinski definition) is 6. The molecule has 1 saturated heterocycles. The zero-order valence-corrected chi connectivity index (χ0v) is 19.5. The molecule has 0 bridgehead atoms. The van der Waals surface area contributed by atoms with Crippen molar-refractivity contribution in [3.05, 3.63) is 66.0 Å². The number of nitrogen functional groups attached to an aromatic ring is 1. The summed E-state index contributed by atoms with van der Waals surface area (Å²) in [5, 5.41) is 0. The van der Waals surface area contributed by atoms with Crippen LogP contribution in [0.2, 0.25) is 0 Å². The summed E-state index contributed by atoms with van der Waals surface area (Å²) >= 11 is 0. The van der Waals surface area contributed by atoms with Crippen LogP contribution in [0.15, 0.2) is 48.8 Å². The Morgan fingerprint density at radius 2 is 1.83 bits per heavy atom. The van der Waals surface area contributed by atoms with E-state index in [1.807, 2.05) is 29.7 Å². The van der Waals surface area contributed by atoms with Gasteiger partial charge < -0.3 is 15.0 Å². The number of pyridine rings is 1. The molecule has 4 heterocycles. The topological polar surface area (TPSA) is 106 Å². The molecule has 5 rings (SSSR count). The average molecular weight is 473 g/mol. The summed E-state index contributed by atoms with van der Waals surface area (Å²) in [6.07, 6.45) is 4.98. The number of imidazole rings is 1. The van der Waals surface area contributed by atoms with Crippen molar-refractivity contribution in [1.29, 1.82) is 0 Å². The van der Waals surface area contributed by atoms with Gasteiger partial charge in [-0.3, -0.25) is 9.59 Å². The maximum absolute atomic E-state index is 13.6. The molecule has 0 saturated carbocycles. The fraction of sp³-hybridized carbons (Fsp3) is 0.269. The number of aromatic nitrogens is 4. The highest BCUT2D eigenvalue weighted by Crippen LogP contribution is 2.32. The van der Waals surface area contributed by atoms with E-state index < -0.39 is 0 Å². The third-order valence-corrected chi connectivity index (χ3v) is 6.53. The summed E-state index contributed by atoms with van der Waals surface area (Å²) < 4.78 is 15.5. The second-order valence-corrected chi connectivity index (χ2v) is 8.91. The number of nitrogens with zero attached hydrogens (tertiary/aromatic N) is 5. The molecule has 1 fully saturated rings. The predicted octanol–water partition coefficient (Wildman–Crippen LogP) is 3.93. The lowest BCUT2D eigenvalue weighted by Gasteiger charge is -2.14. The summed E-state index contributed by atoms with van der Waals surface area (Å²) in [5.74, 6) is -0.724. The smallest absolute Gasteiger partial charge is 0.225 e. The number of amides is 1. The molecule has 0 spiro atoms. The maximum Gasteiger partial charge on any atom is 0.225 e. The first-order chi connectivity index (χ1) is 16.8. The van der Waals surface area contributed by atoms with E-state index in [0.29, 0.717) is 35.5 Å². The van der Waals surface area contributed by atoms with Gasteiger partial charge in [-0.2, -0.15) is 0 Å². The molecule has 2 N–H and O–H groups in total. The number of halogens is 1. The standard InChI is InChI=1S/C26H25FN6O2/c1-15-13-29-21-10-6-18(14-33(15)21)23-22(16-3-7-19(27)8-4-16)31-25(28)24(30-23)20(34)9-5-17-11-12-32(2)26(17)35/h3-4,6-8,10,13-14,17H,5,9,11-12H2,1-2H3,(H2,28,31). The number of hydrogen-bond donors (Lipinski definition) is 1. The third-order valence-electron chi connectivity index (χ3n) is 6.53. The highest BCUT2D eigenvalue weighted by molar-refractivity contribution is 5.99. The van der Waals surface area contributed by atoms with Gasteiger partial charge in [0.15, 0.2) is 11.6 Å². The van der Waals surface area contributed by atoms with E-state index in [1.54, 1.807) is 30.3 Å². The minimum Gasteiger partial charge on any atom is -0.382 e. The van der Waals surface area contributed by atoms with E-state index in [0.717, 1.165) is 17.8 Å². The summed E-state index contributed by atoms with van der Waals surface area (Å²) in [5.41, 5.74) is 10.3. The van der Waals surface area contributed by atoms with Crippen LogP contribution in [-0.4, -0.2) is 49.5 Å². The molecule has 1 aliphatic heterocycles. The first-order valence-corrected chi connectivity index (χ1v) is 11.5. The van der Waals surface area contributed by atoms with Crippen molar-refractivity contribution in [3.63, 3.8) is 0 Å². The van der Waals surface area contributed by atoms with Crippen LogP contribution in [0.25, 0.3) is 28.2 Å². The van der Waals surface area contributed by atoms with Crippen molar-refractivity contribution in [1.82, 2.24) is 24.3 Å². The Bertz CT molecular complexity index is 1450. The maximum atomic E-state index is 13.6. The molecule has 4 aromatic rings. The van der Waals surface area contributed by atoms with Gasteiger partial charge in [0.1, 0.15) is 17.2 Å². The fourth-order valence-electron chi connectivity index (χ4n) is 4.49. The Hall–Kier alpha value is -4.14. The molecule has 0 aliphatic carbocycles. The molecule has 1 aromatic carbocycles. The van der Waals surface area contributed by atoms with Crippen LogP contribution in [-0.2, 0) is 4.79 Å². The van der Waals surface area contributed by atoms with Gasteiger partial charge in [0.25, 0.3) is 0 Å². The van der Waals surface area contributed by atoms with Crippen LogP contribution in [0.1, 0.15) is 35.4 Å². The normalized spacial score (nSPS) is 15.8. The largest absolute Gasteiger partial charge is 0.382 e. The first kappa shape index (κ1) is 22.6. The van der Waals surface area contributed by atoms with Crippen molar-refractivity contribution in [2.24, 2.45) is 5.92 Å². The van der Waals surface area contributed by atoms with E-state index in [4.69, 9.17) is 5.73 Å². The van der Waals surface area contributed by atoms with Gasteiger partial charge in [0.05, 0.1) is 11.4 Å². The number of nitrogens with two attached hydrogens (primary N) is 1. The minimum absolute atomic E-state index is 0.00725. The van der Waals surface area contributed by atoms with Crippen LogP contribution >= 0.6 is 0 Å². The van der Waals surface area contributed by atoms with Crippen molar-refractivity contribution in [2.45, 2.75) is 26.2 Å². The zero-order valence-electron chi connectivity index (χ0n) is 19.5. The summed E-state index contributed by atoms with van der Waals surface area (Å²) in [7, 11) is 1.77. The number of carbonyl (C=O) groups is 2. The quantitative estimate of drug-likeness (QED) is 0.426. The molecule has 9 heteroatoms. The van der Waals surface area contributed by atoms with E-state index >= 15 is 0 Å². The molecule has 35 heavy (non-hydrogen) atoms. The highest BCUT2D eigenvalue weighted by Gasteiger charge is 2.30. The lowest BCUT2D eigenvalue weighted by Crippen LogP contribution is -2.23. The third kappa shape index (κ3) is 4.25. The van der Waals surface area contributed by atoms with Crippen LogP contribution in [0.4, 0.5) is 10.2 Å². The van der Waals surface area contributed by atoms with Crippen LogP contribution < -0.4 is 5.73 Å². The van der Waals surface area contributed by atoms with E-state index in [1.165, 1.54) is 12.1 Å². The molecular weight excluding hydrogens is 447 g/mol. The van der Waals surface area contributed by atoms with Gasteiger partial charge >= 0.3 is 0 Å². The Labute approximate surface area is 201 Å². The highest BCUT2D eigenvalue weighted by atomic mass is 19.1. The molecule has 1 atom stereocenters. The number of aryl methyl sites for hydroxylation is 1. The minimum atomic E-state index is -0.370. The number of fused-ring (bicyclic) bond motifs is 1. The van der Waals surface area contributed by atoms with Gasteiger partial charge in [-0.05, 0) is 56.2 Å². The summed E-state index contributed by atoms with van der Waals surface area (Å²) in [6.45, 7) is 2.64. The molecular formula is C26H25FN6O2.